The number of aliphatic hydroxyl groups is 5. The molecule has 1 saturated carbocycles. The van der Waals surface area contributed by atoms with Gasteiger partial charge in [-0.05, 0) is 100 Å². The lowest BCUT2D eigenvalue weighted by atomic mass is 9.77. The third-order valence-corrected chi connectivity index (χ3v) is 12.4. The van der Waals surface area contributed by atoms with Crippen molar-refractivity contribution >= 4 is 5.97 Å². The fraction of sp³-hybridized carbons (Fsp3) is 0.973. The first-order valence-corrected chi connectivity index (χ1v) is 18.8. The normalized spacial score (nSPS) is 51.7. The quantitative estimate of drug-likeness (QED) is 0.253. The first kappa shape index (κ1) is 41.8. The zero-order valence-corrected chi connectivity index (χ0v) is 32.5. The number of ether oxygens (including phenoxy) is 5. The zero-order valence-electron chi connectivity index (χ0n) is 32.5. The molecule has 50 heavy (non-hydrogen) atoms. The molecule has 13 nitrogen and oxygen atoms in total. The molecule has 4 aliphatic rings. The van der Waals surface area contributed by atoms with Crippen LogP contribution in [0, 0.1) is 23.7 Å². The Morgan fingerprint density at radius 3 is 2.18 bits per heavy atom. The van der Waals surface area contributed by atoms with Crippen LogP contribution in [0.3, 0.4) is 0 Å². The van der Waals surface area contributed by atoms with Crippen molar-refractivity contribution in [2.45, 2.75) is 179 Å². The van der Waals surface area contributed by atoms with E-state index in [2.05, 4.69) is 0 Å². The number of esters is 1. The minimum Gasteiger partial charge on any atom is -0.459 e. The highest BCUT2D eigenvalue weighted by Gasteiger charge is 2.62. The predicted octanol–water partition coefficient (Wildman–Crippen LogP) is 1.89. The van der Waals surface area contributed by atoms with Gasteiger partial charge < -0.3 is 59.0 Å². The van der Waals surface area contributed by atoms with E-state index >= 15 is 0 Å². The van der Waals surface area contributed by atoms with Gasteiger partial charge in [0.05, 0.1) is 41.5 Å². The molecule has 13 heteroatoms. The third kappa shape index (κ3) is 8.70. The minimum atomic E-state index is -1.77. The van der Waals surface area contributed by atoms with Crippen molar-refractivity contribution in [1.29, 1.82) is 0 Å². The largest absolute Gasteiger partial charge is 0.459 e. The molecule has 1 unspecified atom stereocenters. The number of aliphatic hydroxyl groups excluding tert-OH is 2. The fourth-order valence-electron chi connectivity index (χ4n) is 8.98. The second kappa shape index (κ2) is 15.8. The minimum absolute atomic E-state index is 0.00218. The highest BCUT2D eigenvalue weighted by atomic mass is 16.7. The predicted molar refractivity (Wildman–Crippen MR) is 186 cm³/mol. The first-order chi connectivity index (χ1) is 23.0. The molecule has 0 bridgehead atoms. The molecule has 0 spiro atoms. The number of carbonyl (C=O) groups is 1. The maximum Gasteiger partial charge on any atom is 0.311 e. The summed E-state index contributed by atoms with van der Waals surface area (Å²) in [5.74, 6) is -2.39. The van der Waals surface area contributed by atoms with Crippen molar-refractivity contribution in [3.05, 3.63) is 0 Å². The number of rotatable bonds is 6. The molecule has 18 atom stereocenters. The molecule has 0 amide bonds. The van der Waals surface area contributed by atoms with E-state index in [0.717, 1.165) is 0 Å². The molecule has 4 rings (SSSR count). The lowest BCUT2D eigenvalue weighted by Gasteiger charge is -2.47. The summed E-state index contributed by atoms with van der Waals surface area (Å²) >= 11 is 0. The summed E-state index contributed by atoms with van der Waals surface area (Å²) in [6.45, 7) is 16.5. The molecule has 0 aromatic carbocycles. The van der Waals surface area contributed by atoms with Gasteiger partial charge in [-0.15, -0.1) is 0 Å². The Kier molecular flexibility index (Phi) is 13.2. The average molecular weight is 717 g/mol. The van der Waals surface area contributed by atoms with Gasteiger partial charge in [0.1, 0.15) is 23.9 Å². The monoisotopic (exact) mass is 716 g/mol. The zero-order chi connectivity index (χ0) is 37.7. The molecule has 3 aliphatic heterocycles. The van der Waals surface area contributed by atoms with E-state index in [1.54, 1.807) is 20.8 Å². The number of fused-ring (bicyclic) bond motifs is 1. The molecular formula is C37H68N2O11. The van der Waals surface area contributed by atoms with Crippen molar-refractivity contribution < 1.29 is 54.0 Å². The second-order valence-electron chi connectivity index (χ2n) is 17.1. The van der Waals surface area contributed by atoms with Crippen LogP contribution in [0.15, 0.2) is 0 Å². The van der Waals surface area contributed by atoms with Gasteiger partial charge in [-0.1, -0.05) is 20.8 Å². The molecule has 0 aromatic rings. The molecule has 3 saturated heterocycles. The van der Waals surface area contributed by atoms with E-state index in [1.165, 1.54) is 6.92 Å². The van der Waals surface area contributed by atoms with Crippen LogP contribution in [0.2, 0.25) is 0 Å². The van der Waals surface area contributed by atoms with Gasteiger partial charge in [0.25, 0.3) is 0 Å². The van der Waals surface area contributed by atoms with E-state index in [9.17, 15) is 30.3 Å². The Labute approximate surface area is 299 Å². The summed E-state index contributed by atoms with van der Waals surface area (Å²) in [7, 11) is 5.64. The van der Waals surface area contributed by atoms with Crippen LogP contribution in [0.25, 0.3) is 0 Å². The summed E-state index contributed by atoms with van der Waals surface area (Å²) in [5.41, 5.74) is -4.17. The van der Waals surface area contributed by atoms with Gasteiger partial charge in [0.2, 0.25) is 0 Å². The van der Waals surface area contributed by atoms with Crippen molar-refractivity contribution in [3.63, 3.8) is 0 Å². The topological polar surface area (TPSA) is 171 Å². The molecule has 292 valence electrons. The van der Waals surface area contributed by atoms with E-state index in [4.69, 9.17) is 23.7 Å². The first-order valence-electron chi connectivity index (χ1n) is 18.8. The van der Waals surface area contributed by atoms with E-state index in [-0.39, 0.29) is 36.8 Å². The molecule has 5 N–H and O–H groups in total. The summed E-state index contributed by atoms with van der Waals surface area (Å²) in [4.78, 5) is 18.0. The Hall–Kier alpha value is -0.970. The van der Waals surface area contributed by atoms with Crippen LogP contribution >= 0.6 is 0 Å². The molecular weight excluding hydrogens is 648 g/mol. The SMILES string of the molecule is CC[C@H]1OC(=O)[C@H](C)[C@@H](O[C@H]2C[C@@H]3C[C@]3(O)[C@H](C)O2)C(C)[C@@H](O[C@@H]2O[C@H](C)C[C@H](N(C)C)[C@H]2O)[C@](C)(O)C[C@H](C)CN(C)[C@H](C)[C@@H](O)[C@]1(C)O. The summed E-state index contributed by atoms with van der Waals surface area (Å²) in [5, 5.41) is 57.9. The number of cyclic esters (lactones) is 1. The van der Waals surface area contributed by atoms with Crippen LogP contribution in [0.5, 0.6) is 0 Å². The van der Waals surface area contributed by atoms with Crippen molar-refractivity contribution in [2.24, 2.45) is 23.7 Å². The van der Waals surface area contributed by atoms with Gasteiger partial charge >= 0.3 is 5.97 Å². The lowest BCUT2D eigenvalue weighted by Crippen LogP contribution is -2.59. The van der Waals surface area contributed by atoms with Crippen molar-refractivity contribution in [3.8, 4) is 0 Å². The van der Waals surface area contributed by atoms with Gasteiger partial charge in [-0.2, -0.15) is 0 Å². The molecule has 1 aliphatic carbocycles. The Bertz CT molecular complexity index is 1140. The number of hydrogen-bond acceptors (Lipinski definition) is 13. The number of carbonyl (C=O) groups excluding carboxylic acids is 1. The fourth-order valence-corrected chi connectivity index (χ4v) is 8.98. The van der Waals surface area contributed by atoms with E-state index in [0.29, 0.717) is 25.8 Å². The molecule has 3 heterocycles. The summed E-state index contributed by atoms with van der Waals surface area (Å²) in [6, 6.07) is -0.766. The standard InChI is InChI=1S/C37H68N2O11/c1-13-27-36(9,44)31(41)23(6)39(12)18-19(2)16-35(8,43)32(50-34-29(40)26(38(10)11)14-20(3)46-34)21(4)30(22(5)33(42)48-27)49-28-15-25-17-37(25,45)24(7)47-28/h19-32,34,40-41,43-45H,13-18H2,1-12H3/t19-,20+,21?,22+,23+,24-,25+,26-,27+,28-,29+,30-,31+,32+,34-,35+,36+,37-/m0/s1. The van der Waals surface area contributed by atoms with Crippen molar-refractivity contribution in [1.82, 2.24) is 9.80 Å². The molecule has 0 aromatic heterocycles. The van der Waals surface area contributed by atoms with E-state index in [1.807, 2.05) is 65.6 Å². The van der Waals surface area contributed by atoms with Gasteiger partial charge in [0.15, 0.2) is 12.6 Å². The second-order valence-corrected chi connectivity index (χ2v) is 17.1. The van der Waals surface area contributed by atoms with Gasteiger partial charge in [0, 0.05) is 31.0 Å². The number of likely N-dealkylation sites (N-methyl/N-ethyl adjacent to an activating group) is 2. The van der Waals surface area contributed by atoms with Crippen LogP contribution in [0.4, 0.5) is 0 Å². The lowest BCUT2D eigenvalue weighted by molar-refractivity contribution is -0.308. The maximum atomic E-state index is 14.1. The summed E-state index contributed by atoms with van der Waals surface area (Å²) < 4.78 is 31.8. The highest BCUT2D eigenvalue weighted by Crippen LogP contribution is 2.54. The molecule has 0 radical (unpaired) electrons. The van der Waals surface area contributed by atoms with Crippen LogP contribution in [-0.4, -0.2) is 153 Å². The van der Waals surface area contributed by atoms with E-state index < -0.39 is 89.9 Å². The highest BCUT2D eigenvalue weighted by molar-refractivity contribution is 5.73. The summed E-state index contributed by atoms with van der Waals surface area (Å²) in [6.07, 6.45) is -5.61. The van der Waals surface area contributed by atoms with Crippen LogP contribution in [0.1, 0.15) is 94.4 Å². The third-order valence-electron chi connectivity index (χ3n) is 12.4. The smallest absolute Gasteiger partial charge is 0.311 e. The van der Waals surface area contributed by atoms with Crippen molar-refractivity contribution in [2.75, 3.05) is 27.7 Å². The number of nitrogens with zero attached hydrogens (tertiary/aromatic N) is 2. The van der Waals surface area contributed by atoms with Crippen LogP contribution in [-0.2, 0) is 28.5 Å². The molecule has 4 fully saturated rings. The van der Waals surface area contributed by atoms with Gasteiger partial charge in [-0.3, -0.25) is 4.79 Å². The Balaban J connectivity index is 1.77. The van der Waals surface area contributed by atoms with Gasteiger partial charge in [-0.25, -0.2) is 0 Å². The number of hydrogen-bond donors (Lipinski definition) is 5. The maximum absolute atomic E-state index is 14.1. The van der Waals surface area contributed by atoms with Crippen LogP contribution < -0.4 is 0 Å². The Morgan fingerprint density at radius 1 is 0.960 bits per heavy atom. The Morgan fingerprint density at radius 2 is 1.60 bits per heavy atom. The average Bonchev–Trinajstić information content (AvgIpc) is 3.71.